The van der Waals surface area contributed by atoms with Crippen molar-refractivity contribution in [3.05, 3.63) is 39.9 Å². The highest BCUT2D eigenvalue weighted by atomic mass is 16.7. The molecule has 146 valence electrons. The van der Waals surface area contributed by atoms with Crippen molar-refractivity contribution in [2.75, 3.05) is 6.61 Å². The van der Waals surface area contributed by atoms with Gasteiger partial charge >= 0.3 is 6.16 Å². The zero-order valence-electron chi connectivity index (χ0n) is 15.4. The molecular formula is C18H22N2O7. The van der Waals surface area contributed by atoms with E-state index in [0.717, 1.165) is 0 Å². The lowest BCUT2D eigenvalue weighted by Crippen LogP contribution is -2.73. The molecule has 2 fully saturated rings. The van der Waals surface area contributed by atoms with Crippen LogP contribution in [0, 0.1) is 16.0 Å². The largest absolute Gasteiger partial charge is 0.508 e. The Bertz CT molecular complexity index is 764. The van der Waals surface area contributed by atoms with Crippen LogP contribution in [-0.2, 0) is 25.6 Å². The number of amides is 1. The Morgan fingerprint density at radius 3 is 2.85 bits per heavy atom. The fourth-order valence-corrected chi connectivity index (χ4v) is 3.76. The predicted octanol–water partition coefficient (Wildman–Crippen LogP) is 2.62. The van der Waals surface area contributed by atoms with E-state index in [1.807, 2.05) is 13.8 Å². The van der Waals surface area contributed by atoms with Gasteiger partial charge in [-0.25, -0.2) is 4.79 Å². The minimum Gasteiger partial charge on any atom is -0.430 e. The number of hydrogen-bond donors (Lipinski definition) is 0. The van der Waals surface area contributed by atoms with E-state index in [1.54, 1.807) is 17.9 Å². The quantitative estimate of drug-likeness (QED) is 0.335. The first-order chi connectivity index (χ1) is 12.7. The maximum absolute atomic E-state index is 12.5. The highest BCUT2D eigenvalue weighted by Crippen LogP contribution is 2.42. The molecule has 0 radical (unpaired) electrons. The smallest absolute Gasteiger partial charge is 0.430 e. The maximum Gasteiger partial charge on any atom is 0.508 e. The van der Waals surface area contributed by atoms with Gasteiger partial charge < -0.3 is 19.1 Å². The minimum atomic E-state index is -0.960. The number of nitro groups is 1. The van der Waals surface area contributed by atoms with E-state index in [1.165, 1.54) is 18.2 Å². The number of nitrogens with zero attached hydrogens (tertiary/aromatic N) is 2. The monoisotopic (exact) mass is 378 g/mol. The highest BCUT2D eigenvalue weighted by molar-refractivity contribution is 5.87. The number of benzene rings is 1. The van der Waals surface area contributed by atoms with E-state index < -0.39 is 28.8 Å². The van der Waals surface area contributed by atoms with Crippen molar-refractivity contribution < 1.29 is 28.7 Å². The molecule has 0 aliphatic carbocycles. The molecule has 0 aromatic heterocycles. The Morgan fingerprint density at radius 2 is 2.15 bits per heavy atom. The fourth-order valence-electron chi connectivity index (χ4n) is 3.76. The highest BCUT2D eigenvalue weighted by Gasteiger charge is 2.58. The zero-order chi connectivity index (χ0) is 19.8. The summed E-state index contributed by atoms with van der Waals surface area (Å²) in [6, 6.07) is 5.95. The minimum absolute atomic E-state index is 0.0424. The molecule has 9 heteroatoms. The molecule has 27 heavy (non-hydrogen) atoms. The molecule has 2 saturated heterocycles. The Kier molecular flexibility index (Phi) is 5.05. The van der Waals surface area contributed by atoms with Crippen molar-refractivity contribution in [3.8, 4) is 0 Å². The van der Waals surface area contributed by atoms with Crippen LogP contribution in [0.5, 0.6) is 0 Å². The summed E-state index contributed by atoms with van der Waals surface area (Å²) in [6.45, 7) is 5.57. The Morgan fingerprint density at radius 1 is 1.44 bits per heavy atom. The van der Waals surface area contributed by atoms with Crippen LogP contribution < -0.4 is 0 Å². The number of rotatable bonds is 5. The summed E-state index contributed by atoms with van der Waals surface area (Å²) >= 11 is 0. The SMILES string of the molecule is CC(OC(=O)OCc1ccccc1[N+](=O)[O-])[C@@H]1C(=O)N2C1CCOC2(C)C. The maximum atomic E-state index is 12.5. The van der Waals surface area contributed by atoms with Crippen LogP contribution in [0.2, 0.25) is 0 Å². The van der Waals surface area contributed by atoms with Crippen LogP contribution in [0.15, 0.2) is 24.3 Å². The van der Waals surface area contributed by atoms with E-state index in [4.69, 9.17) is 14.2 Å². The topological polar surface area (TPSA) is 108 Å². The Hall–Kier alpha value is -2.68. The van der Waals surface area contributed by atoms with Crippen LogP contribution >= 0.6 is 0 Å². The first kappa shape index (κ1) is 19.1. The first-order valence-corrected chi connectivity index (χ1v) is 8.75. The zero-order valence-corrected chi connectivity index (χ0v) is 15.4. The number of hydrogen-bond acceptors (Lipinski definition) is 7. The molecule has 0 bridgehead atoms. The van der Waals surface area contributed by atoms with Gasteiger partial charge in [0.15, 0.2) is 0 Å². The third-order valence-corrected chi connectivity index (χ3v) is 5.04. The van der Waals surface area contributed by atoms with E-state index >= 15 is 0 Å². The van der Waals surface area contributed by atoms with Gasteiger partial charge in [0.2, 0.25) is 5.91 Å². The normalized spacial score (nSPS) is 24.4. The summed E-state index contributed by atoms with van der Waals surface area (Å²) in [5.74, 6) is -0.560. The summed E-state index contributed by atoms with van der Waals surface area (Å²) in [4.78, 5) is 36.6. The Labute approximate surface area is 156 Å². The number of β-lactam (4-membered cyclic amide) rings is 1. The molecule has 1 aromatic rings. The summed E-state index contributed by atoms with van der Waals surface area (Å²) < 4.78 is 15.9. The van der Waals surface area contributed by atoms with E-state index in [9.17, 15) is 19.7 Å². The van der Waals surface area contributed by atoms with Gasteiger partial charge in [0.25, 0.3) is 5.69 Å². The first-order valence-electron chi connectivity index (χ1n) is 8.75. The molecule has 9 nitrogen and oxygen atoms in total. The van der Waals surface area contributed by atoms with Gasteiger partial charge in [-0.3, -0.25) is 14.9 Å². The van der Waals surface area contributed by atoms with Crippen molar-refractivity contribution >= 4 is 17.7 Å². The average Bonchev–Trinajstić information content (AvgIpc) is 2.58. The molecule has 2 heterocycles. The molecular weight excluding hydrogens is 356 g/mol. The number of carbonyl (C=O) groups excluding carboxylic acids is 2. The van der Waals surface area contributed by atoms with Gasteiger partial charge in [0.1, 0.15) is 18.4 Å². The van der Waals surface area contributed by atoms with Crippen LogP contribution in [-0.4, -0.2) is 46.4 Å². The lowest BCUT2D eigenvalue weighted by molar-refractivity contribution is -0.385. The second kappa shape index (κ2) is 7.15. The second-order valence-electron chi connectivity index (χ2n) is 7.13. The predicted molar refractivity (Wildman–Crippen MR) is 92.6 cm³/mol. The van der Waals surface area contributed by atoms with Crippen LogP contribution in [0.3, 0.4) is 0 Å². The summed E-state index contributed by atoms with van der Waals surface area (Å²) in [7, 11) is 0. The molecule has 1 amide bonds. The molecule has 0 saturated carbocycles. The number of fused-ring (bicyclic) bond motifs is 1. The van der Waals surface area contributed by atoms with Gasteiger partial charge in [-0.15, -0.1) is 0 Å². The van der Waals surface area contributed by atoms with Gasteiger partial charge in [-0.1, -0.05) is 12.1 Å². The van der Waals surface area contributed by atoms with Crippen molar-refractivity contribution in [3.63, 3.8) is 0 Å². The van der Waals surface area contributed by atoms with Crippen LogP contribution in [0.25, 0.3) is 0 Å². The molecule has 2 aliphatic rings. The number of para-hydroxylation sites is 1. The molecule has 2 aliphatic heterocycles. The van der Waals surface area contributed by atoms with Crippen LogP contribution in [0.1, 0.15) is 32.8 Å². The van der Waals surface area contributed by atoms with Gasteiger partial charge in [0, 0.05) is 6.07 Å². The van der Waals surface area contributed by atoms with Crippen molar-refractivity contribution in [2.45, 2.75) is 51.7 Å². The molecule has 0 N–H and O–H groups in total. The number of carbonyl (C=O) groups is 2. The van der Waals surface area contributed by atoms with Crippen molar-refractivity contribution in [2.24, 2.45) is 5.92 Å². The van der Waals surface area contributed by atoms with E-state index in [2.05, 4.69) is 0 Å². The second-order valence-corrected chi connectivity index (χ2v) is 7.13. The average molecular weight is 378 g/mol. The third-order valence-electron chi connectivity index (χ3n) is 5.04. The van der Waals surface area contributed by atoms with Gasteiger partial charge in [0.05, 0.1) is 29.1 Å². The van der Waals surface area contributed by atoms with Crippen molar-refractivity contribution in [1.29, 1.82) is 0 Å². The Balaban J connectivity index is 1.56. The standard InChI is InChI=1S/C18H22N2O7/c1-11(15-14-8-9-26-18(2,3)19(14)16(15)21)27-17(22)25-10-12-6-4-5-7-13(12)20(23)24/h4-7,11,14-15H,8-10H2,1-3H3/t11?,14?,15-/m0/s1. The molecule has 1 aromatic carbocycles. The summed E-state index contributed by atoms with van der Waals surface area (Å²) in [6.07, 6.45) is -0.942. The van der Waals surface area contributed by atoms with Crippen molar-refractivity contribution in [1.82, 2.24) is 4.90 Å². The lowest BCUT2D eigenvalue weighted by Gasteiger charge is -2.58. The molecule has 3 rings (SSSR count). The fraction of sp³-hybridized carbons (Fsp3) is 0.556. The summed E-state index contributed by atoms with van der Waals surface area (Å²) in [5, 5.41) is 11.0. The van der Waals surface area contributed by atoms with Gasteiger partial charge in [-0.05, 0) is 33.3 Å². The van der Waals surface area contributed by atoms with Crippen LogP contribution in [0.4, 0.5) is 10.5 Å². The molecule has 3 atom stereocenters. The number of ether oxygens (including phenoxy) is 3. The third kappa shape index (κ3) is 3.59. The number of nitro benzene ring substituents is 1. The van der Waals surface area contributed by atoms with E-state index in [0.29, 0.717) is 13.0 Å². The van der Waals surface area contributed by atoms with E-state index in [-0.39, 0.29) is 29.8 Å². The summed E-state index contributed by atoms with van der Waals surface area (Å²) in [5.41, 5.74) is -0.528. The lowest BCUT2D eigenvalue weighted by atomic mass is 9.78. The molecule has 0 spiro atoms. The molecule has 2 unspecified atom stereocenters. The van der Waals surface area contributed by atoms with Gasteiger partial charge in [-0.2, -0.15) is 0 Å².